The van der Waals surface area contributed by atoms with Gasteiger partial charge in [-0.15, -0.1) is 0 Å². The van der Waals surface area contributed by atoms with Gasteiger partial charge in [-0.1, -0.05) is 32.9 Å². The number of nitrogen functional groups attached to an aromatic ring is 1. The first-order chi connectivity index (χ1) is 12.2. The second-order valence-corrected chi connectivity index (χ2v) is 7.48. The van der Waals surface area contributed by atoms with Crippen molar-refractivity contribution in [1.82, 2.24) is 9.97 Å². The molecule has 1 aromatic heterocycles. The predicted octanol–water partition coefficient (Wildman–Crippen LogP) is 2.35. The molecule has 2 aromatic rings. The lowest BCUT2D eigenvalue weighted by Gasteiger charge is -2.30. The first-order valence-electron chi connectivity index (χ1n) is 8.52. The summed E-state index contributed by atoms with van der Waals surface area (Å²) in [6.45, 7) is 6.43. The number of hydrogen-bond acceptors (Lipinski definition) is 6. The highest BCUT2D eigenvalue weighted by molar-refractivity contribution is 6.10. The molecule has 0 aliphatic carbocycles. The van der Waals surface area contributed by atoms with Gasteiger partial charge in [0.2, 0.25) is 0 Å². The van der Waals surface area contributed by atoms with E-state index >= 15 is 0 Å². The normalized spacial score (nSPS) is 15.6. The van der Waals surface area contributed by atoms with E-state index in [1.807, 2.05) is 45.0 Å². The Balaban J connectivity index is 1.89. The number of aliphatic hydroxyl groups excluding tert-OH is 1. The fourth-order valence-electron chi connectivity index (χ4n) is 3.05. The summed E-state index contributed by atoms with van der Waals surface area (Å²) < 4.78 is 5.02. The summed E-state index contributed by atoms with van der Waals surface area (Å²) >= 11 is 0. The van der Waals surface area contributed by atoms with Crippen molar-refractivity contribution in [2.45, 2.75) is 33.3 Å². The molecule has 1 aromatic carbocycles. The number of methoxy groups -OCH3 is 1. The van der Waals surface area contributed by atoms with E-state index in [9.17, 15) is 9.90 Å². The SMILES string of the molecule is COc1nc(N)c2c(n1)CCN(c1ccc(C(O)C(C)(C)C)cc1)C2=O. The Hall–Kier alpha value is -2.67. The van der Waals surface area contributed by atoms with Crippen LogP contribution in [0.5, 0.6) is 6.01 Å². The van der Waals surface area contributed by atoms with E-state index < -0.39 is 6.10 Å². The third-order valence-corrected chi connectivity index (χ3v) is 4.55. The van der Waals surface area contributed by atoms with Crippen LogP contribution in [0.15, 0.2) is 24.3 Å². The Morgan fingerprint density at radius 3 is 2.46 bits per heavy atom. The minimum atomic E-state index is -0.578. The average Bonchev–Trinajstić information content (AvgIpc) is 2.60. The zero-order chi connectivity index (χ0) is 19.1. The highest BCUT2D eigenvalue weighted by Gasteiger charge is 2.30. The Labute approximate surface area is 152 Å². The molecule has 0 saturated heterocycles. The van der Waals surface area contributed by atoms with Crippen LogP contribution in [0.4, 0.5) is 11.5 Å². The maximum atomic E-state index is 12.9. The molecule has 26 heavy (non-hydrogen) atoms. The molecule has 0 fully saturated rings. The van der Waals surface area contributed by atoms with Gasteiger partial charge < -0.3 is 20.5 Å². The van der Waals surface area contributed by atoms with E-state index in [2.05, 4.69) is 9.97 Å². The van der Waals surface area contributed by atoms with Crippen molar-refractivity contribution in [3.05, 3.63) is 41.1 Å². The first-order valence-corrected chi connectivity index (χ1v) is 8.52. The lowest BCUT2D eigenvalue weighted by molar-refractivity contribution is 0.0627. The van der Waals surface area contributed by atoms with E-state index in [1.54, 1.807) is 4.90 Å². The number of aromatic nitrogens is 2. The van der Waals surface area contributed by atoms with Crippen LogP contribution in [0.25, 0.3) is 0 Å². The second kappa shape index (κ2) is 6.57. The Kier molecular flexibility index (Phi) is 4.58. The Morgan fingerprint density at radius 2 is 1.88 bits per heavy atom. The number of benzene rings is 1. The van der Waals surface area contributed by atoms with E-state index in [0.717, 1.165) is 11.3 Å². The smallest absolute Gasteiger partial charge is 0.318 e. The number of hydrogen-bond donors (Lipinski definition) is 2. The molecule has 1 aliphatic heterocycles. The van der Waals surface area contributed by atoms with Crippen LogP contribution in [0.2, 0.25) is 0 Å². The quantitative estimate of drug-likeness (QED) is 0.875. The van der Waals surface area contributed by atoms with Crippen molar-refractivity contribution in [2.24, 2.45) is 5.41 Å². The fourth-order valence-corrected chi connectivity index (χ4v) is 3.05. The van der Waals surface area contributed by atoms with E-state index in [0.29, 0.717) is 24.2 Å². The van der Waals surface area contributed by atoms with Crippen molar-refractivity contribution in [3.8, 4) is 6.01 Å². The van der Waals surface area contributed by atoms with Gasteiger partial charge >= 0.3 is 6.01 Å². The summed E-state index contributed by atoms with van der Waals surface area (Å²) in [6, 6.07) is 7.55. The molecule has 0 bridgehead atoms. The van der Waals surface area contributed by atoms with Crippen LogP contribution in [0.3, 0.4) is 0 Å². The molecule has 1 aliphatic rings. The third kappa shape index (κ3) is 3.22. The van der Waals surface area contributed by atoms with Gasteiger partial charge in [0.05, 0.1) is 18.9 Å². The standard InChI is InChI=1S/C19H24N4O3/c1-19(2,3)15(24)11-5-7-12(8-6-11)23-10-9-13-14(17(23)25)16(20)22-18(21-13)26-4/h5-8,15,24H,9-10H2,1-4H3,(H2,20,21,22). The largest absolute Gasteiger partial charge is 0.467 e. The summed E-state index contributed by atoms with van der Waals surface area (Å²) in [6.07, 6.45) is -0.0119. The van der Waals surface area contributed by atoms with Gasteiger partial charge in [-0.25, -0.2) is 0 Å². The molecule has 3 N–H and O–H groups in total. The number of carbonyl (C=O) groups is 1. The van der Waals surface area contributed by atoms with Gasteiger partial charge in [-0.2, -0.15) is 9.97 Å². The summed E-state index contributed by atoms with van der Waals surface area (Å²) in [5.41, 5.74) is 8.20. The number of amides is 1. The molecule has 7 heteroatoms. The molecule has 1 unspecified atom stereocenters. The van der Waals surface area contributed by atoms with Gasteiger partial charge in [0.25, 0.3) is 5.91 Å². The van der Waals surface area contributed by atoms with E-state index in [1.165, 1.54) is 7.11 Å². The molecule has 0 radical (unpaired) electrons. The molecule has 2 heterocycles. The van der Waals surface area contributed by atoms with Gasteiger partial charge in [-0.3, -0.25) is 4.79 Å². The van der Waals surface area contributed by atoms with E-state index in [-0.39, 0.29) is 23.2 Å². The number of carbonyl (C=O) groups excluding carboxylic acids is 1. The maximum Gasteiger partial charge on any atom is 0.318 e. The number of fused-ring (bicyclic) bond motifs is 1. The number of rotatable bonds is 3. The van der Waals surface area contributed by atoms with Crippen LogP contribution in [-0.2, 0) is 6.42 Å². The Bertz CT molecular complexity index is 828. The molecule has 138 valence electrons. The van der Waals surface area contributed by atoms with Crippen molar-refractivity contribution >= 4 is 17.4 Å². The van der Waals surface area contributed by atoms with Gasteiger partial charge in [-0.05, 0) is 23.1 Å². The predicted molar refractivity (Wildman–Crippen MR) is 99.2 cm³/mol. The highest BCUT2D eigenvalue weighted by Crippen LogP contribution is 2.34. The molecule has 0 spiro atoms. The zero-order valence-corrected chi connectivity index (χ0v) is 15.5. The van der Waals surface area contributed by atoms with Crippen molar-refractivity contribution in [2.75, 3.05) is 24.3 Å². The van der Waals surface area contributed by atoms with Crippen LogP contribution in [0.1, 0.15) is 48.5 Å². The summed E-state index contributed by atoms with van der Waals surface area (Å²) in [7, 11) is 1.46. The molecular weight excluding hydrogens is 332 g/mol. The van der Waals surface area contributed by atoms with Crippen LogP contribution < -0.4 is 15.4 Å². The molecule has 0 saturated carbocycles. The van der Waals surface area contributed by atoms with Gasteiger partial charge in [0.15, 0.2) is 0 Å². The number of anilines is 2. The zero-order valence-electron chi connectivity index (χ0n) is 15.5. The number of ether oxygens (including phenoxy) is 1. The minimum absolute atomic E-state index is 0.126. The van der Waals surface area contributed by atoms with Crippen molar-refractivity contribution in [3.63, 3.8) is 0 Å². The number of nitrogens with zero attached hydrogens (tertiary/aromatic N) is 3. The summed E-state index contributed by atoms with van der Waals surface area (Å²) in [5.74, 6) is -0.100. The molecule has 1 atom stereocenters. The third-order valence-electron chi connectivity index (χ3n) is 4.55. The number of aliphatic hydroxyl groups is 1. The van der Waals surface area contributed by atoms with Crippen LogP contribution in [0, 0.1) is 5.41 Å². The lowest BCUT2D eigenvalue weighted by atomic mass is 9.85. The average molecular weight is 356 g/mol. The molecule has 1 amide bonds. The summed E-state index contributed by atoms with van der Waals surface area (Å²) in [4.78, 5) is 22.8. The maximum absolute atomic E-state index is 12.9. The topological polar surface area (TPSA) is 102 Å². The molecular formula is C19H24N4O3. The van der Waals surface area contributed by atoms with Crippen LogP contribution >= 0.6 is 0 Å². The lowest BCUT2D eigenvalue weighted by Crippen LogP contribution is -2.39. The first kappa shape index (κ1) is 18.1. The minimum Gasteiger partial charge on any atom is -0.467 e. The van der Waals surface area contributed by atoms with Crippen LogP contribution in [-0.4, -0.2) is 34.6 Å². The monoisotopic (exact) mass is 356 g/mol. The van der Waals surface area contributed by atoms with Crippen molar-refractivity contribution < 1.29 is 14.6 Å². The van der Waals surface area contributed by atoms with Gasteiger partial charge in [0, 0.05) is 18.7 Å². The number of nitrogens with two attached hydrogens (primary N) is 1. The molecule has 3 rings (SSSR count). The fraction of sp³-hybridized carbons (Fsp3) is 0.421. The second-order valence-electron chi connectivity index (χ2n) is 7.48. The summed E-state index contributed by atoms with van der Waals surface area (Å²) in [5, 5.41) is 10.4. The Morgan fingerprint density at radius 1 is 1.23 bits per heavy atom. The van der Waals surface area contributed by atoms with Gasteiger partial charge in [0.1, 0.15) is 11.4 Å². The molecule has 7 nitrogen and oxygen atoms in total. The highest BCUT2D eigenvalue weighted by atomic mass is 16.5. The van der Waals surface area contributed by atoms with Crippen molar-refractivity contribution in [1.29, 1.82) is 0 Å². The van der Waals surface area contributed by atoms with E-state index in [4.69, 9.17) is 10.5 Å².